The number of methoxy groups -OCH3 is 2. The van der Waals surface area contributed by atoms with Crippen LogP contribution in [0.25, 0.3) is 0 Å². The molecule has 0 aliphatic heterocycles. The molecule has 0 radical (unpaired) electrons. The molecule has 2 aromatic carbocycles. The van der Waals surface area contributed by atoms with Gasteiger partial charge in [0.2, 0.25) is 0 Å². The molecule has 24 heavy (non-hydrogen) atoms. The summed E-state index contributed by atoms with van der Waals surface area (Å²) < 4.78 is 28.4. The van der Waals surface area contributed by atoms with E-state index < -0.39 is 0 Å². The summed E-state index contributed by atoms with van der Waals surface area (Å²) in [5.74, 6) is 1.36. The van der Waals surface area contributed by atoms with Gasteiger partial charge in [-0.1, -0.05) is 0 Å². The first-order chi connectivity index (χ1) is 11.6. The fraction of sp³-hybridized carbons (Fsp3) is 0.235. The summed E-state index contributed by atoms with van der Waals surface area (Å²) in [6.45, 7) is 0.560. The van der Waals surface area contributed by atoms with E-state index in [0.29, 0.717) is 29.5 Å². The number of carbonyl (C=O) groups excluding carboxylic acids is 1. The number of carbonyl (C=O) groups is 1. The molecule has 0 saturated carbocycles. The molecule has 2 amide bonds. The van der Waals surface area contributed by atoms with Crippen molar-refractivity contribution in [1.82, 2.24) is 5.32 Å². The Labute approximate surface area is 139 Å². The molecule has 0 saturated heterocycles. The number of hydrogen-bond donors (Lipinski definition) is 2. The monoisotopic (exact) mass is 334 g/mol. The zero-order chi connectivity index (χ0) is 17.4. The lowest BCUT2D eigenvalue weighted by Crippen LogP contribution is -2.32. The van der Waals surface area contributed by atoms with E-state index in [2.05, 4.69) is 10.6 Å². The molecule has 0 aliphatic rings. The maximum atomic E-state index is 12.8. The summed E-state index contributed by atoms with van der Waals surface area (Å²) in [5.41, 5.74) is 0.545. The largest absolute Gasteiger partial charge is 0.497 e. The number of anilines is 1. The average Bonchev–Trinajstić information content (AvgIpc) is 2.59. The maximum Gasteiger partial charge on any atom is 0.319 e. The van der Waals surface area contributed by atoms with Crippen molar-refractivity contribution in [3.05, 3.63) is 48.3 Å². The van der Waals surface area contributed by atoms with Crippen molar-refractivity contribution in [1.29, 1.82) is 0 Å². The van der Waals surface area contributed by atoms with Gasteiger partial charge in [-0.3, -0.25) is 0 Å². The van der Waals surface area contributed by atoms with Crippen molar-refractivity contribution in [3.63, 3.8) is 0 Å². The lowest BCUT2D eigenvalue weighted by Gasteiger charge is -2.11. The van der Waals surface area contributed by atoms with Gasteiger partial charge in [0.15, 0.2) is 0 Å². The first-order valence-corrected chi connectivity index (χ1v) is 7.27. The minimum absolute atomic E-state index is 0.264. The molecular formula is C17H19FN2O4. The van der Waals surface area contributed by atoms with Crippen molar-refractivity contribution < 1.29 is 23.4 Å². The van der Waals surface area contributed by atoms with Gasteiger partial charge in [-0.2, -0.15) is 0 Å². The highest BCUT2D eigenvalue weighted by atomic mass is 19.1. The van der Waals surface area contributed by atoms with Gasteiger partial charge in [0.1, 0.15) is 29.7 Å². The first-order valence-electron chi connectivity index (χ1n) is 7.27. The third-order valence-corrected chi connectivity index (χ3v) is 3.08. The Hall–Kier alpha value is -2.96. The van der Waals surface area contributed by atoms with Crippen molar-refractivity contribution in [2.45, 2.75) is 0 Å². The van der Waals surface area contributed by atoms with Gasteiger partial charge < -0.3 is 24.8 Å². The molecule has 0 unspecified atom stereocenters. The van der Waals surface area contributed by atoms with E-state index in [1.165, 1.54) is 38.5 Å². The molecular weight excluding hydrogens is 315 g/mol. The molecule has 0 atom stereocenters. The Bertz CT molecular complexity index is 655. The number of hydrogen-bond acceptors (Lipinski definition) is 4. The molecule has 2 rings (SSSR count). The highest BCUT2D eigenvalue weighted by Gasteiger charge is 2.05. The summed E-state index contributed by atoms with van der Waals surface area (Å²) in [6, 6.07) is 10.4. The van der Waals surface area contributed by atoms with Crippen LogP contribution in [0.15, 0.2) is 42.5 Å². The molecule has 0 bridgehead atoms. The number of halogens is 1. The Morgan fingerprint density at radius 3 is 2.21 bits per heavy atom. The molecule has 0 fully saturated rings. The van der Waals surface area contributed by atoms with Crippen LogP contribution >= 0.6 is 0 Å². The summed E-state index contributed by atoms with van der Waals surface area (Å²) >= 11 is 0. The van der Waals surface area contributed by atoms with E-state index in [4.69, 9.17) is 14.2 Å². The second-order valence-corrected chi connectivity index (χ2v) is 4.78. The SMILES string of the molecule is COc1cc(NC(=O)NCCOc2ccc(F)cc2)cc(OC)c1. The second kappa shape index (κ2) is 8.61. The Morgan fingerprint density at radius 1 is 1.00 bits per heavy atom. The standard InChI is InChI=1S/C17H19FN2O4/c1-22-15-9-13(10-16(11-15)23-2)20-17(21)19-7-8-24-14-5-3-12(18)4-6-14/h3-6,9-11H,7-8H2,1-2H3,(H2,19,20,21). The van der Waals surface area contributed by atoms with E-state index in [1.807, 2.05) is 0 Å². The number of urea groups is 1. The normalized spacial score (nSPS) is 9.96. The maximum absolute atomic E-state index is 12.8. The Kier molecular flexibility index (Phi) is 6.24. The first kappa shape index (κ1) is 17.4. The van der Waals surface area contributed by atoms with Crippen LogP contribution in [0.3, 0.4) is 0 Å². The van der Waals surface area contributed by atoms with E-state index in [1.54, 1.807) is 18.2 Å². The van der Waals surface area contributed by atoms with Gasteiger partial charge >= 0.3 is 6.03 Å². The highest BCUT2D eigenvalue weighted by Crippen LogP contribution is 2.25. The third kappa shape index (κ3) is 5.35. The minimum atomic E-state index is -0.381. The van der Waals surface area contributed by atoms with Crippen molar-refractivity contribution in [2.75, 3.05) is 32.7 Å². The van der Waals surface area contributed by atoms with E-state index >= 15 is 0 Å². The second-order valence-electron chi connectivity index (χ2n) is 4.78. The van der Waals surface area contributed by atoms with Gasteiger partial charge in [-0.05, 0) is 24.3 Å². The van der Waals surface area contributed by atoms with Crippen LogP contribution < -0.4 is 24.8 Å². The minimum Gasteiger partial charge on any atom is -0.497 e. The molecule has 6 nitrogen and oxygen atoms in total. The fourth-order valence-electron chi connectivity index (χ4n) is 1.92. The number of benzene rings is 2. The summed E-state index contributed by atoms with van der Waals surface area (Å²) in [4.78, 5) is 11.9. The topological polar surface area (TPSA) is 68.8 Å². The lowest BCUT2D eigenvalue weighted by molar-refractivity contribution is 0.247. The average molecular weight is 334 g/mol. The van der Waals surface area contributed by atoms with E-state index in [9.17, 15) is 9.18 Å². The predicted octanol–water partition coefficient (Wildman–Crippen LogP) is 3.04. The van der Waals surface area contributed by atoms with Gasteiger partial charge in [0.05, 0.1) is 20.8 Å². The summed E-state index contributed by atoms with van der Waals surface area (Å²) in [6.07, 6.45) is 0. The van der Waals surface area contributed by atoms with Gasteiger partial charge in [-0.15, -0.1) is 0 Å². The van der Waals surface area contributed by atoms with E-state index in [-0.39, 0.29) is 18.5 Å². The predicted molar refractivity (Wildman–Crippen MR) is 88.5 cm³/mol. The third-order valence-electron chi connectivity index (χ3n) is 3.08. The number of ether oxygens (including phenoxy) is 3. The van der Waals surface area contributed by atoms with E-state index in [0.717, 1.165) is 0 Å². The van der Waals surface area contributed by atoms with Gasteiger partial charge in [0.25, 0.3) is 0 Å². The molecule has 2 aromatic rings. The van der Waals surface area contributed by atoms with Crippen molar-refractivity contribution >= 4 is 11.7 Å². The lowest BCUT2D eigenvalue weighted by atomic mass is 10.3. The number of amides is 2. The number of nitrogens with one attached hydrogen (secondary N) is 2. The molecule has 0 aliphatic carbocycles. The summed E-state index contributed by atoms with van der Waals surface area (Å²) in [5, 5.41) is 5.34. The van der Waals surface area contributed by atoms with Crippen LogP contribution in [0.4, 0.5) is 14.9 Å². The fourth-order valence-corrected chi connectivity index (χ4v) is 1.92. The molecule has 2 N–H and O–H groups in total. The van der Waals surface area contributed by atoms with Gasteiger partial charge in [0, 0.05) is 23.9 Å². The highest BCUT2D eigenvalue weighted by molar-refractivity contribution is 5.89. The van der Waals surface area contributed by atoms with Crippen LogP contribution in [-0.2, 0) is 0 Å². The molecule has 0 heterocycles. The molecule has 0 aromatic heterocycles. The van der Waals surface area contributed by atoms with Crippen LogP contribution in [0.5, 0.6) is 17.2 Å². The van der Waals surface area contributed by atoms with Crippen LogP contribution in [0.2, 0.25) is 0 Å². The molecule has 128 valence electrons. The zero-order valence-corrected chi connectivity index (χ0v) is 13.5. The van der Waals surface area contributed by atoms with Gasteiger partial charge in [-0.25, -0.2) is 9.18 Å². The molecule has 0 spiro atoms. The van der Waals surface area contributed by atoms with Crippen LogP contribution in [0, 0.1) is 5.82 Å². The Balaban J connectivity index is 1.78. The van der Waals surface area contributed by atoms with Crippen LogP contribution in [0.1, 0.15) is 0 Å². The Morgan fingerprint density at radius 2 is 1.62 bits per heavy atom. The molecule has 7 heteroatoms. The van der Waals surface area contributed by atoms with Crippen molar-refractivity contribution in [2.24, 2.45) is 0 Å². The van der Waals surface area contributed by atoms with Crippen molar-refractivity contribution in [3.8, 4) is 17.2 Å². The summed E-state index contributed by atoms with van der Waals surface area (Å²) in [7, 11) is 3.07. The van der Waals surface area contributed by atoms with Crippen LogP contribution in [-0.4, -0.2) is 33.4 Å². The number of rotatable bonds is 7. The zero-order valence-electron chi connectivity index (χ0n) is 13.5. The quantitative estimate of drug-likeness (QED) is 0.764. The smallest absolute Gasteiger partial charge is 0.319 e.